The summed E-state index contributed by atoms with van der Waals surface area (Å²) < 4.78 is 0. The van der Waals surface area contributed by atoms with E-state index in [1.807, 2.05) is 18.2 Å². The van der Waals surface area contributed by atoms with E-state index in [-0.39, 0.29) is 18.9 Å². The fourth-order valence-electron chi connectivity index (χ4n) is 0.740. The van der Waals surface area contributed by atoms with Crippen molar-refractivity contribution in [2.24, 2.45) is 0 Å². The van der Waals surface area contributed by atoms with E-state index in [4.69, 9.17) is 0 Å². The predicted octanol–water partition coefficient (Wildman–Crippen LogP) is -0.778. The van der Waals surface area contributed by atoms with Crippen LogP contribution in [0.3, 0.4) is 0 Å². The third kappa shape index (κ3) is 2.92. The molecule has 10 heavy (non-hydrogen) atoms. The zero-order valence-corrected chi connectivity index (χ0v) is 6.30. The maximum atomic E-state index is 3.53. The molecule has 1 aromatic rings. The third-order valence-corrected chi connectivity index (χ3v) is 1.17. The van der Waals surface area contributed by atoms with Gasteiger partial charge in [0.15, 0.2) is 0 Å². The van der Waals surface area contributed by atoms with Crippen molar-refractivity contribution >= 4 is 0 Å². The standard InChI is InChI=1S/C9H9.Li/c1-2-6-9-7-4-3-5-8-9;/h3-5,7-8H,1,6H2;/q-1;+1. The van der Waals surface area contributed by atoms with Crippen LogP contribution in [0.1, 0.15) is 5.56 Å². The summed E-state index contributed by atoms with van der Waals surface area (Å²) in [5.41, 5.74) is 1.27. The molecule has 0 aromatic heterocycles. The van der Waals surface area contributed by atoms with Crippen LogP contribution in [0, 0.1) is 6.08 Å². The second kappa shape index (κ2) is 5.35. The van der Waals surface area contributed by atoms with Crippen molar-refractivity contribution in [2.45, 2.75) is 6.42 Å². The number of allylic oxidation sites excluding steroid dienone is 1. The molecule has 1 aromatic carbocycles. The van der Waals surface area contributed by atoms with Crippen LogP contribution in [0.2, 0.25) is 0 Å². The first-order valence-corrected chi connectivity index (χ1v) is 2.97. The van der Waals surface area contributed by atoms with Crippen LogP contribution in [0.15, 0.2) is 36.9 Å². The topological polar surface area (TPSA) is 0 Å². The Labute approximate surface area is 74.1 Å². The monoisotopic (exact) mass is 124 g/mol. The molecule has 0 heterocycles. The van der Waals surface area contributed by atoms with Crippen LogP contribution in [0.5, 0.6) is 0 Å². The van der Waals surface area contributed by atoms with Crippen LogP contribution in [0.25, 0.3) is 0 Å². The summed E-state index contributed by atoms with van der Waals surface area (Å²) in [5, 5.41) is 0. The van der Waals surface area contributed by atoms with Crippen molar-refractivity contribution in [1.82, 2.24) is 0 Å². The van der Waals surface area contributed by atoms with Gasteiger partial charge < -0.3 is 6.08 Å². The fourth-order valence-corrected chi connectivity index (χ4v) is 0.740. The van der Waals surface area contributed by atoms with Crippen molar-refractivity contribution in [3.63, 3.8) is 0 Å². The molecule has 0 unspecified atom stereocenters. The van der Waals surface area contributed by atoms with Gasteiger partial charge >= 0.3 is 18.9 Å². The molecule has 0 atom stereocenters. The smallest absolute Gasteiger partial charge is 0.500 e. The van der Waals surface area contributed by atoms with E-state index in [0.717, 1.165) is 6.42 Å². The van der Waals surface area contributed by atoms with E-state index in [0.29, 0.717) is 0 Å². The average Bonchev–Trinajstić information content (AvgIpc) is 1.91. The molecular formula is C9H9Li. The quantitative estimate of drug-likeness (QED) is 0.358. The van der Waals surface area contributed by atoms with Crippen molar-refractivity contribution < 1.29 is 18.9 Å². The molecule has 0 fully saturated rings. The summed E-state index contributed by atoms with van der Waals surface area (Å²) in [6.07, 6.45) is 3.68. The molecule has 0 spiro atoms. The van der Waals surface area contributed by atoms with Gasteiger partial charge in [-0.05, 0) is 0 Å². The molecule has 1 rings (SSSR count). The Balaban J connectivity index is 0.000000810. The largest absolute Gasteiger partial charge is 1.00 e. The maximum absolute atomic E-state index is 3.53. The molecule has 0 amide bonds. The second-order valence-corrected chi connectivity index (χ2v) is 1.91. The minimum Gasteiger partial charge on any atom is -0.500 e. The van der Waals surface area contributed by atoms with Crippen LogP contribution < -0.4 is 18.9 Å². The minimum absolute atomic E-state index is 0. The van der Waals surface area contributed by atoms with Gasteiger partial charge in [-0.25, -0.2) is 0 Å². The summed E-state index contributed by atoms with van der Waals surface area (Å²) >= 11 is 0. The first kappa shape index (κ1) is 9.56. The van der Waals surface area contributed by atoms with Gasteiger partial charge in [-0.3, -0.25) is 6.58 Å². The van der Waals surface area contributed by atoms with Gasteiger partial charge in [-0.2, -0.15) is 6.42 Å². The van der Waals surface area contributed by atoms with Gasteiger partial charge in [0, 0.05) is 0 Å². The summed E-state index contributed by atoms with van der Waals surface area (Å²) in [4.78, 5) is 0. The van der Waals surface area contributed by atoms with Gasteiger partial charge in [-0.1, -0.05) is 35.9 Å². The predicted molar refractivity (Wildman–Crippen MR) is 39.0 cm³/mol. The fraction of sp³-hybridized carbons (Fsp3) is 0.111. The Kier molecular flexibility index (Phi) is 5.11. The normalized spacial score (nSPS) is 8.00. The van der Waals surface area contributed by atoms with E-state index in [1.165, 1.54) is 5.56 Å². The summed E-state index contributed by atoms with van der Waals surface area (Å²) in [6, 6.07) is 10.2. The Morgan fingerprint density at radius 1 is 1.20 bits per heavy atom. The average molecular weight is 124 g/mol. The van der Waals surface area contributed by atoms with Crippen LogP contribution in [-0.2, 0) is 6.42 Å². The molecule has 0 aliphatic rings. The molecule has 0 radical (unpaired) electrons. The van der Waals surface area contributed by atoms with E-state index < -0.39 is 0 Å². The molecule has 0 aliphatic heterocycles. The first-order chi connectivity index (χ1) is 4.43. The molecule has 0 bridgehead atoms. The van der Waals surface area contributed by atoms with Crippen LogP contribution in [0.4, 0.5) is 0 Å². The molecule has 0 aliphatic carbocycles. The Bertz CT molecular complexity index is 179. The molecule has 1 heteroatoms. The van der Waals surface area contributed by atoms with Crippen LogP contribution >= 0.6 is 0 Å². The van der Waals surface area contributed by atoms with E-state index in [2.05, 4.69) is 24.8 Å². The van der Waals surface area contributed by atoms with Gasteiger partial charge in [-0.15, -0.1) is 0 Å². The molecule has 0 saturated carbocycles. The summed E-state index contributed by atoms with van der Waals surface area (Å²) in [7, 11) is 0. The van der Waals surface area contributed by atoms with Crippen molar-refractivity contribution in [1.29, 1.82) is 0 Å². The van der Waals surface area contributed by atoms with Gasteiger partial charge in [0.2, 0.25) is 0 Å². The number of benzene rings is 1. The minimum atomic E-state index is 0. The number of rotatable bonds is 2. The van der Waals surface area contributed by atoms with Gasteiger partial charge in [0.05, 0.1) is 0 Å². The summed E-state index contributed by atoms with van der Waals surface area (Å²) in [5.74, 6) is 0. The first-order valence-electron chi connectivity index (χ1n) is 2.97. The Morgan fingerprint density at radius 2 is 1.80 bits per heavy atom. The molecule has 0 saturated heterocycles. The van der Waals surface area contributed by atoms with Crippen molar-refractivity contribution in [3.8, 4) is 0 Å². The Morgan fingerprint density at radius 3 is 2.30 bits per heavy atom. The molecule has 0 N–H and O–H groups in total. The van der Waals surface area contributed by atoms with Crippen molar-refractivity contribution in [3.05, 3.63) is 48.6 Å². The number of hydrogen-bond donors (Lipinski definition) is 0. The maximum Gasteiger partial charge on any atom is 1.00 e. The van der Waals surface area contributed by atoms with E-state index in [9.17, 15) is 0 Å². The molecule has 46 valence electrons. The second-order valence-electron chi connectivity index (χ2n) is 1.91. The summed E-state index contributed by atoms with van der Waals surface area (Å²) in [6.45, 7) is 3.53. The molecular weight excluding hydrogens is 115 g/mol. The van der Waals surface area contributed by atoms with E-state index in [1.54, 1.807) is 0 Å². The zero-order valence-electron chi connectivity index (χ0n) is 6.30. The number of hydrogen-bond acceptors (Lipinski definition) is 0. The third-order valence-electron chi connectivity index (χ3n) is 1.17. The SMILES string of the molecule is C=[C-]Cc1ccccc1.[Li+]. The molecule has 0 nitrogen and oxygen atoms in total. The van der Waals surface area contributed by atoms with Gasteiger partial charge in [0.25, 0.3) is 0 Å². The zero-order chi connectivity index (χ0) is 6.53. The van der Waals surface area contributed by atoms with Crippen LogP contribution in [-0.4, -0.2) is 0 Å². The Hall–Kier alpha value is -0.443. The van der Waals surface area contributed by atoms with Crippen molar-refractivity contribution in [2.75, 3.05) is 0 Å². The van der Waals surface area contributed by atoms with E-state index >= 15 is 0 Å². The van der Waals surface area contributed by atoms with Gasteiger partial charge in [0.1, 0.15) is 0 Å².